The molecule has 0 spiro atoms. The molecule has 0 bridgehead atoms. The third kappa shape index (κ3) is 4.92. The van der Waals surface area contributed by atoms with E-state index in [0.29, 0.717) is 22.7 Å². The topological polar surface area (TPSA) is 76.1 Å². The normalized spacial score (nSPS) is 11.3. The minimum Gasteiger partial charge on any atom is -0.346 e. The lowest BCUT2D eigenvalue weighted by atomic mass is 10.1. The van der Waals surface area contributed by atoms with E-state index in [-0.39, 0.29) is 21.6 Å². The van der Waals surface area contributed by atoms with Crippen LogP contribution in [0.4, 0.5) is 4.39 Å². The SMILES string of the molecule is CS(=O)(=O)c1ccc(-c2sc(C(=O)NCc3ccccc3)nc2-c2ccc(F)cc2)cc1. The molecule has 0 fully saturated rings. The van der Waals surface area contributed by atoms with E-state index >= 15 is 0 Å². The molecule has 0 saturated carbocycles. The summed E-state index contributed by atoms with van der Waals surface area (Å²) in [4.78, 5) is 18.2. The number of hydrogen-bond acceptors (Lipinski definition) is 5. The van der Waals surface area contributed by atoms with Gasteiger partial charge in [-0.05, 0) is 47.5 Å². The van der Waals surface area contributed by atoms with Gasteiger partial charge in [-0.15, -0.1) is 11.3 Å². The van der Waals surface area contributed by atoms with Crippen LogP contribution in [-0.4, -0.2) is 25.6 Å². The highest BCUT2D eigenvalue weighted by Gasteiger charge is 2.20. The number of rotatable bonds is 6. The van der Waals surface area contributed by atoms with Gasteiger partial charge in [0, 0.05) is 18.4 Å². The van der Waals surface area contributed by atoms with E-state index in [1.54, 1.807) is 24.3 Å². The second-order valence-electron chi connectivity index (χ2n) is 7.17. The van der Waals surface area contributed by atoms with E-state index in [1.807, 2.05) is 30.3 Å². The molecule has 0 saturated heterocycles. The van der Waals surface area contributed by atoms with Gasteiger partial charge < -0.3 is 5.32 Å². The molecule has 0 aliphatic heterocycles. The minimum atomic E-state index is -3.33. The van der Waals surface area contributed by atoms with E-state index in [2.05, 4.69) is 10.3 Å². The summed E-state index contributed by atoms with van der Waals surface area (Å²) < 4.78 is 37.0. The predicted octanol–water partition coefficient (Wildman–Crippen LogP) is 4.95. The van der Waals surface area contributed by atoms with Gasteiger partial charge in [0.05, 0.1) is 15.5 Å². The van der Waals surface area contributed by atoms with Crippen LogP contribution in [0.2, 0.25) is 0 Å². The van der Waals surface area contributed by atoms with Gasteiger partial charge in [-0.2, -0.15) is 0 Å². The van der Waals surface area contributed by atoms with Gasteiger partial charge in [-0.1, -0.05) is 42.5 Å². The molecule has 0 atom stereocenters. The van der Waals surface area contributed by atoms with Crippen molar-refractivity contribution in [2.75, 3.05) is 6.26 Å². The number of nitrogens with one attached hydrogen (secondary N) is 1. The highest BCUT2D eigenvalue weighted by Crippen LogP contribution is 2.37. The molecule has 0 unspecified atom stereocenters. The van der Waals surface area contributed by atoms with Crippen molar-refractivity contribution < 1.29 is 17.6 Å². The Morgan fingerprint density at radius 1 is 0.938 bits per heavy atom. The van der Waals surface area contributed by atoms with Crippen molar-refractivity contribution in [2.24, 2.45) is 0 Å². The molecule has 8 heteroatoms. The molecule has 0 aliphatic carbocycles. The first-order valence-electron chi connectivity index (χ1n) is 9.70. The lowest BCUT2D eigenvalue weighted by Crippen LogP contribution is -2.22. The lowest BCUT2D eigenvalue weighted by molar-refractivity contribution is 0.0950. The van der Waals surface area contributed by atoms with Crippen LogP contribution < -0.4 is 5.32 Å². The quantitative estimate of drug-likeness (QED) is 0.436. The average Bonchev–Trinajstić information content (AvgIpc) is 3.24. The standard InChI is InChI=1S/C24H19FN2O3S2/c1-32(29,30)20-13-9-18(10-14-20)22-21(17-7-11-19(25)12-8-17)27-24(31-22)23(28)26-15-16-5-3-2-4-6-16/h2-14H,15H2,1H3,(H,26,28). The molecule has 0 aliphatic rings. The molecule has 32 heavy (non-hydrogen) atoms. The van der Waals surface area contributed by atoms with Gasteiger partial charge in [0.2, 0.25) is 0 Å². The maximum Gasteiger partial charge on any atom is 0.280 e. The highest BCUT2D eigenvalue weighted by molar-refractivity contribution is 7.90. The van der Waals surface area contributed by atoms with Gasteiger partial charge in [0.1, 0.15) is 5.82 Å². The molecule has 3 aromatic carbocycles. The summed E-state index contributed by atoms with van der Waals surface area (Å²) in [6.45, 7) is 0.365. The Balaban J connectivity index is 1.70. The minimum absolute atomic E-state index is 0.204. The Morgan fingerprint density at radius 3 is 2.19 bits per heavy atom. The van der Waals surface area contributed by atoms with Crippen molar-refractivity contribution in [2.45, 2.75) is 11.4 Å². The molecule has 1 aromatic heterocycles. The number of benzene rings is 3. The molecule has 1 heterocycles. The molecular formula is C24H19FN2O3S2. The summed E-state index contributed by atoms with van der Waals surface area (Å²) in [7, 11) is -3.33. The van der Waals surface area contributed by atoms with Gasteiger partial charge in [0.15, 0.2) is 14.8 Å². The number of aromatic nitrogens is 1. The van der Waals surface area contributed by atoms with Crippen molar-refractivity contribution in [3.63, 3.8) is 0 Å². The third-order valence-corrected chi connectivity index (χ3v) is 7.01. The second kappa shape index (κ2) is 9.02. The zero-order valence-electron chi connectivity index (χ0n) is 17.1. The fraction of sp³-hybridized carbons (Fsp3) is 0.0833. The van der Waals surface area contributed by atoms with Crippen molar-refractivity contribution >= 4 is 27.1 Å². The van der Waals surface area contributed by atoms with Crippen LogP contribution in [0.1, 0.15) is 15.4 Å². The van der Waals surface area contributed by atoms with E-state index in [4.69, 9.17) is 0 Å². The lowest BCUT2D eigenvalue weighted by Gasteiger charge is -2.04. The van der Waals surface area contributed by atoms with Gasteiger partial charge in [-0.3, -0.25) is 4.79 Å². The monoisotopic (exact) mass is 466 g/mol. The maximum absolute atomic E-state index is 13.4. The first kappa shape index (κ1) is 21.9. The van der Waals surface area contributed by atoms with Crippen molar-refractivity contribution in [1.29, 1.82) is 0 Å². The van der Waals surface area contributed by atoms with Crippen LogP contribution in [-0.2, 0) is 16.4 Å². The maximum atomic E-state index is 13.4. The summed E-state index contributed by atoms with van der Waals surface area (Å²) in [5, 5.41) is 3.13. The fourth-order valence-electron chi connectivity index (χ4n) is 3.12. The number of hydrogen-bond donors (Lipinski definition) is 1. The first-order valence-corrected chi connectivity index (χ1v) is 12.4. The first-order chi connectivity index (χ1) is 15.3. The van der Waals surface area contributed by atoms with E-state index in [9.17, 15) is 17.6 Å². The second-order valence-corrected chi connectivity index (χ2v) is 10.2. The zero-order valence-corrected chi connectivity index (χ0v) is 18.7. The largest absolute Gasteiger partial charge is 0.346 e. The smallest absolute Gasteiger partial charge is 0.280 e. The van der Waals surface area contributed by atoms with Crippen LogP contribution in [0.15, 0.2) is 83.8 Å². The Kier molecular flexibility index (Phi) is 6.16. The molecular weight excluding hydrogens is 447 g/mol. The zero-order chi connectivity index (χ0) is 22.7. The van der Waals surface area contributed by atoms with Gasteiger partial charge >= 0.3 is 0 Å². The number of carbonyl (C=O) groups excluding carboxylic acids is 1. The molecule has 4 aromatic rings. The summed E-state index contributed by atoms with van der Waals surface area (Å²) in [6.07, 6.45) is 1.15. The molecule has 1 amide bonds. The fourth-order valence-corrected chi connectivity index (χ4v) is 4.76. The van der Waals surface area contributed by atoms with E-state index < -0.39 is 9.84 Å². The van der Waals surface area contributed by atoms with Gasteiger partial charge in [0.25, 0.3) is 5.91 Å². The Morgan fingerprint density at radius 2 is 1.56 bits per heavy atom. The molecule has 1 N–H and O–H groups in total. The van der Waals surface area contributed by atoms with E-state index in [1.165, 1.54) is 35.6 Å². The summed E-state index contributed by atoms with van der Waals surface area (Å²) >= 11 is 1.20. The number of sulfone groups is 1. The molecule has 4 rings (SSSR count). The van der Waals surface area contributed by atoms with Crippen LogP contribution in [0.5, 0.6) is 0 Å². The average molecular weight is 467 g/mol. The molecule has 162 valence electrons. The number of halogens is 1. The Hall–Kier alpha value is -3.36. The number of carbonyl (C=O) groups is 1. The molecule has 5 nitrogen and oxygen atoms in total. The highest BCUT2D eigenvalue weighted by atomic mass is 32.2. The third-order valence-electron chi connectivity index (χ3n) is 4.78. The predicted molar refractivity (Wildman–Crippen MR) is 124 cm³/mol. The summed E-state index contributed by atoms with van der Waals surface area (Å²) in [5.74, 6) is -0.690. The Labute approximate surface area is 189 Å². The number of thiazole rings is 1. The van der Waals surface area contributed by atoms with Crippen molar-refractivity contribution in [1.82, 2.24) is 10.3 Å². The summed E-state index contributed by atoms with van der Waals surface area (Å²) in [6, 6.07) is 21.8. The number of amides is 1. The number of nitrogens with zero attached hydrogens (tertiary/aromatic N) is 1. The van der Waals surface area contributed by atoms with Crippen LogP contribution >= 0.6 is 11.3 Å². The van der Waals surface area contributed by atoms with E-state index in [0.717, 1.165) is 17.4 Å². The van der Waals surface area contributed by atoms with Crippen molar-refractivity contribution in [3.8, 4) is 21.7 Å². The van der Waals surface area contributed by atoms with Gasteiger partial charge in [-0.25, -0.2) is 17.8 Å². The van der Waals surface area contributed by atoms with Crippen LogP contribution in [0.3, 0.4) is 0 Å². The summed E-state index contributed by atoms with van der Waals surface area (Å²) in [5.41, 5.74) is 2.88. The molecule has 0 radical (unpaired) electrons. The van der Waals surface area contributed by atoms with Crippen LogP contribution in [0, 0.1) is 5.82 Å². The van der Waals surface area contributed by atoms with Crippen LogP contribution in [0.25, 0.3) is 21.7 Å². The van der Waals surface area contributed by atoms with Crippen molar-refractivity contribution in [3.05, 3.63) is 95.3 Å². The Bertz CT molecular complexity index is 1350.